The van der Waals surface area contributed by atoms with Crippen LogP contribution in [0.4, 0.5) is 10.1 Å². The molecule has 3 rings (SSSR count). The first-order chi connectivity index (χ1) is 15.3. The molecular weight excluding hydrogens is 633 g/mol. The second-order valence-electron chi connectivity index (χ2n) is 7.17. The van der Waals surface area contributed by atoms with Crippen LogP contribution >= 0.6 is 45.2 Å². The maximum atomic E-state index is 13.4. The van der Waals surface area contributed by atoms with E-state index in [2.05, 4.69) is 50.5 Å². The van der Waals surface area contributed by atoms with Crippen LogP contribution in [-0.2, 0) is 11.4 Å². The predicted octanol–water partition coefficient (Wildman–Crippen LogP) is 6.78. The number of anilines is 1. The number of aryl methyl sites for hydroxylation is 2. The summed E-state index contributed by atoms with van der Waals surface area (Å²) in [5.74, 6) is -0.0947. The maximum Gasteiger partial charge on any atom is 0.266 e. The van der Waals surface area contributed by atoms with Gasteiger partial charge in [0.05, 0.1) is 7.14 Å². The van der Waals surface area contributed by atoms with E-state index < -0.39 is 5.91 Å². The molecule has 0 unspecified atom stereocenters. The highest BCUT2D eigenvalue weighted by molar-refractivity contribution is 14.1. The van der Waals surface area contributed by atoms with E-state index in [0.717, 1.165) is 23.8 Å². The van der Waals surface area contributed by atoms with Crippen molar-refractivity contribution in [1.29, 1.82) is 5.26 Å². The molecule has 162 valence electrons. The Labute approximate surface area is 213 Å². The Balaban J connectivity index is 1.79. The molecule has 7 heteroatoms. The minimum atomic E-state index is -0.461. The number of hydrogen-bond donors (Lipinski definition) is 1. The Bertz CT molecular complexity index is 1230. The Morgan fingerprint density at radius 1 is 1.12 bits per heavy atom. The maximum absolute atomic E-state index is 13.4. The summed E-state index contributed by atoms with van der Waals surface area (Å²) in [6, 6.07) is 17.7. The van der Waals surface area contributed by atoms with E-state index in [9.17, 15) is 14.4 Å². The van der Waals surface area contributed by atoms with Gasteiger partial charge in [0, 0.05) is 5.69 Å². The summed E-state index contributed by atoms with van der Waals surface area (Å²) in [6.45, 7) is 4.08. The lowest BCUT2D eigenvalue weighted by molar-refractivity contribution is -0.112. The first-order valence-electron chi connectivity index (χ1n) is 9.63. The predicted molar refractivity (Wildman–Crippen MR) is 141 cm³/mol. The smallest absolute Gasteiger partial charge is 0.266 e. The molecule has 0 fully saturated rings. The summed E-state index contributed by atoms with van der Waals surface area (Å²) < 4.78 is 20.9. The van der Waals surface area contributed by atoms with Crippen LogP contribution in [0.2, 0.25) is 0 Å². The topological polar surface area (TPSA) is 62.1 Å². The number of rotatable bonds is 6. The molecule has 0 saturated carbocycles. The first kappa shape index (κ1) is 24.2. The van der Waals surface area contributed by atoms with Crippen LogP contribution in [0.3, 0.4) is 0 Å². The number of hydrogen-bond acceptors (Lipinski definition) is 3. The van der Waals surface area contributed by atoms with Crippen LogP contribution in [0.25, 0.3) is 6.08 Å². The molecule has 0 radical (unpaired) electrons. The van der Waals surface area contributed by atoms with Gasteiger partial charge in [-0.1, -0.05) is 24.3 Å². The second kappa shape index (κ2) is 10.9. The zero-order valence-electron chi connectivity index (χ0n) is 17.4. The molecule has 1 amide bonds. The molecular formula is C25H19FI2N2O2. The van der Waals surface area contributed by atoms with Gasteiger partial charge in [-0.3, -0.25) is 4.79 Å². The molecule has 3 aromatic rings. The van der Waals surface area contributed by atoms with Gasteiger partial charge >= 0.3 is 0 Å². The van der Waals surface area contributed by atoms with Gasteiger partial charge in [-0.05, 0) is 118 Å². The summed E-state index contributed by atoms with van der Waals surface area (Å²) in [6.07, 6.45) is 1.56. The average Bonchev–Trinajstić information content (AvgIpc) is 2.74. The van der Waals surface area contributed by atoms with Gasteiger partial charge in [0.1, 0.15) is 29.8 Å². The molecule has 0 heterocycles. The van der Waals surface area contributed by atoms with Crippen LogP contribution in [0.15, 0.2) is 60.2 Å². The van der Waals surface area contributed by atoms with Crippen LogP contribution in [0.1, 0.15) is 22.3 Å². The van der Waals surface area contributed by atoms with Crippen molar-refractivity contribution in [2.75, 3.05) is 5.32 Å². The minimum Gasteiger partial charge on any atom is -0.487 e. The molecule has 0 aliphatic rings. The monoisotopic (exact) mass is 652 g/mol. The summed E-state index contributed by atoms with van der Waals surface area (Å²) in [7, 11) is 0. The molecule has 32 heavy (non-hydrogen) atoms. The number of amides is 1. The molecule has 0 aromatic heterocycles. The van der Waals surface area contributed by atoms with Gasteiger partial charge in [0.25, 0.3) is 5.91 Å². The molecule has 0 saturated heterocycles. The summed E-state index contributed by atoms with van der Waals surface area (Å²) in [5.41, 5.74) is 4.07. The Kier molecular flexibility index (Phi) is 8.26. The highest BCUT2D eigenvalue weighted by Gasteiger charge is 2.14. The van der Waals surface area contributed by atoms with Crippen molar-refractivity contribution in [2.24, 2.45) is 0 Å². The molecule has 0 atom stereocenters. The van der Waals surface area contributed by atoms with E-state index in [0.29, 0.717) is 17.0 Å². The Morgan fingerprint density at radius 2 is 1.84 bits per heavy atom. The van der Waals surface area contributed by atoms with Gasteiger partial charge in [-0.15, -0.1) is 0 Å². The van der Waals surface area contributed by atoms with Crippen molar-refractivity contribution < 1.29 is 13.9 Å². The lowest BCUT2D eigenvalue weighted by atomic mass is 10.1. The van der Waals surface area contributed by atoms with Gasteiger partial charge < -0.3 is 10.1 Å². The average molecular weight is 652 g/mol. The van der Waals surface area contributed by atoms with Crippen molar-refractivity contribution in [3.05, 3.63) is 95.4 Å². The standard InChI is InChI=1S/C25H19FI2N2O2/c1-15-6-7-16(2)23(8-15)30-25(31)19(13-29)9-18-11-21(27)24(22(28)12-18)32-14-17-4-3-5-20(26)10-17/h3-12H,14H2,1-2H3,(H,30,31)/b19-9+. The number of ether oxygens (including phenoxy) is 1. The number of nitriles is 1. The fourth-order valence-corrected chi connectivity index (χ4v) is 5.09. The van der Waals surface area contributed by atoms with Gasteiger partial charge in [-0.25, -0.2) is 4.39 Å². The molecule has 4 nitrogen and oxygen atoms in total. The SMILES string of the molecule is Cc1ccc(C)c(NC(=O)/C(C#N)=C/c2cc(I)c(OCc3cccc(F)c3)c(I)c2)c1. The third-order valence-corrected chi connectivity index (χ3v) is 6.21. The van der Waals surface area contributed by atoms with E-state index >= 15 is 0 Å². The van der Waals surface area contributed by atoms with Crippen LogP contribution in [0, 0.1) is 38.1 Å². The zero-order valence-corrected chi connectivity index (χ0v) is 21.7. The van der Waals surface area contributed by atoms with E-state index in [-0.39, 0.29) is 18.0 Å². The number of carbonyl (C=O) groups excluding carboxylic acids is 1. The molecule has 0 aliphatic heterocycles. The van der Waals surface area contributed by atoms with Crippen LogP contribution in [0.5, 0.6) is 5.75 Å². The van der Waals surface area contributed by atoms with Gasteiger partial charge in [0.15, 0.2) is 0 Å². The highest BCUT2D eigenvalue weighted by atomic mass is 127. The van der Waals surface area contributed by atoms with Crippen molar-refractivity contribution in [1.82, 2.24) is 0 Å². The lowest BCUT2D eigenvalue weighted by Crippen LogP contribution is -2.14. The normalized spacial score (nSPS) is 11.1. The zero-order chi connectivity index (χ0) is 23.3. The summed E-state index contributed by atoms with van der Waals surface area (Å²) in [4.78, 5) is 12.7. The Hall–Kier alpha value is -2.45. The van der Waals surface area contributed by atoms with E-state index in [1.165, 1.54) is 12.1 Å². The van der Waals surface area contributed by atoms with E-state index in [1.807, 2.05) is 50.2 Å². The number of nitrogens with one attached hydrogen (secondary N) is 1. The third-order valence-electron chi connectivity index (χ3n) is 4.61. The largest absolute Gasteiger partial charge is 0.487 e. The molecule has 0 aliphatic carbocycles. The fraction of sp³-hybridized carbons (Fsp3) is 0.120. The fourth-order valence-electron chi connectivity index (χ4n) is 2.96. The number of halogens is 3. The minimum absolute atomic E-state index is 0.00550. The number of benzene rings is 3. The van der Waals surface area contributed by atoms with Crippen molar-refractivity contribution in [2.45, 2.75) is 20.5 Å². The van der Waals surface area contributed by atoms with Crippen molar-refractivity contribution in [3.63, 3.8) is 0 Å². The van der Waals surface area contributed by atoms with Crippen LogP contribution in [-0.4, -0.2) is 5.91 Å². The summed E-state index contributed by atoms with van der Waals surface area (Å²) in [5, 5.41) is 12.4. The lowest BCUT2D eigenvalue weighted by Gasteiger charge is -2.12. The van der Waals surface area contributed by atoms with Crippen molar-refractivity contribution >= 4 is 62.9 Å². The molecule has 3 aromatic carbocycles. The first-order valence-corrected chi connectivity index (χ1v) is 11.8. The molecule has 0 spiro atoms. The number of carbonyl (C=O) groups is 1. The number of nitrogens with zero attached hydrogens (tertiary/aromatic N) is 1. The second-order valence-corrected chi connectivity index (χ2v) is 9.50. The molecule has 0 bridgehead atoms. The Morgan fingerprint density at radius 3 is 2.50 bits per heavy atom. The highest BCUT2D eigenvalue weighted by Crippen LogP contribution is 2.30. The third kappa shape index (κ3) is 6.29. The van der Waals surface area contributed by atoms with Gasteiger partial charge in [-0.2, -0.15) is 5.26 Å². The quantitative estimate of drug-likeness (QED) is 0.182. The molecule has 1 N–H and O–H groups in total. The van der Waals surface area contributed by atoms with E-state index in [1.54, 1.807) is 18.2 Å². The van der Waals surface area contributed by atoms with Gasteiger partial charge in [0.2, 0.25) is 0 Å². The van der Waals surface area contributed by atoms with E-state index in [4.69, 9.17) is 4.74 Å². The van der Waals surface area contributed by atoms with Crippen molar-refractivity contribution in [3.8, 4) is 11.8 Å². The van der Waals surface area contributed by atoms with Crippen LogP contribution < -0.4 is 10.1 Å². The summed E-state index contributed by atoms with van der Waals surface area (Å²) >= 11 is 4.29.